The molecule has 0 aromatic carbocycles. The first-order valence-electron chi connectivity index (χ1n) is 41.3. The van der Waals surface area contributed by atoms with E-state index in [-0.39, 0.29) is 25.7 Å². The molecule has 0 aromatic rings. The number of ether oxygens (including phenoxy) is 4. The highest BCUT2D eigenvalue weighted by molar-refractivity contribution is 7.47. The molecule has 19 heteroatoms. The summed E-state index contributed by atoms with van der Waals surface area (Å²) < 4.78 is 68.6. The Morgan fingerprint density at radius 3 is 0.736 bits per heavy atom. The fourth-order valence-electron chi connectivity index (χ4n) is 10.1. The first kappa shape index (κ1) is 104. The molecule has 110 heavy (non-hydrogen) atoms. The van der Waals surface area contributed by atoms with Crippen LogP contribution in [0.3, 0.4) is 0 Å². The van der Waals surface area contributed by atoms with Gasteiger partial charge in [-0.25, -0.2) is 9.13 Å². The predicted molar refractivity (Wildman–Crippen MR) is 454 cm³/mol. The van der Waals surface area contributed by atoms with Crippen LogP contribution in [0.2, 0.25) is 0 Å². The molecular formula is C91H144O17P2. The maximum absolute atomic E-state index is 13.1. The number of aliphatic hydroxyl groups is 1. The van der Waals surface area contributed by atoms with E-state index in [0.717, 1.165) is 199 Å². The van der Waals surface area contributed by atoms with Crippen LogP contribution in [-0.2, 0) is 65.4 Å². The lowest BCUT2D eigenvalue weighted by molar-refractivity contribution is -0.161. The second-order valence-corrected chi connectivity index (χ2v) is 29.4. The van der Waals surface area contributed by atoms with E-state index >= 15 is 0 Å². The van der Waals surface area contributed by atoms with Gasteiger partial charge in [0.05, 0.1) is 26.4 Å². The number of rotatable bonds is 75. The summed E-state index contributed by atoms with van der Waals surface area (Å²) in [7, 11) is -10.0. The molecule has 0 heterocycles. The zero-order valence-corrected chi connectivity index (χ0v) is 69.6. The molecule has 17 nitrogen and oxygen atoms in total. The lowest BCUT2D eigenvalue weighted by atomic mass is 10.1. The molecule has 0 aromatic heterocycles. The van der Waals surface area contributed by atoms with Crippen molar-refractivity contribution >= 4 is 39.5 Å². The second-order valence-electron chi connectivity index (χ2n) is 26.5. The van der Waals surface area contributed by atoms with Crippen molar-refractivity contribution < 1.29 is 80.2 Å². The maximum Gasteiger partial charge on any atom is 0.472 e. The normalized spacial score (nSPS) is 14.9. The maximum atomic E-state index is 13.1. The number of allylic oxidation sites excluding steroid dienone is 34. The Morgan fingerprint density at radius 2 is 0.464 bits per heavy atom. The Labute approximate surface area is 665 Å². The van der Waals surface area contributed by atoms with E-state index in [4.69, 9.17) is 37.0 Å². The molecule has 620 valence electrons. The first-order valence-corrected chi connectivity index (χ1v) is 44.3. The molecule has 0 fully saturated rings. The standard InChI is InChI=1S/C91H144O17P2/c1-5-9-13-17-21-25-29-33-37-41-42-46-48-52-56-60-64-68-72-76-89(94)102-82-87(108-91(96)78-74-70-66-62-58-54-50-45-40-36-32-28-24-20-16-12-8-4)84-106-110(99,100)104-80-85(92)79-103-109(97,98)105-83-86(107-90(95)77-73-69-65-61-57-53-49-44-39-35-31-27-23-19-15-11-7-3)81-101-88(93)75-71-67-63-59-55-51-47-43-38-34-30-26-22-18-14-10-6-2/h9-16,21-28,33-40,42,46-47,49,51-53,56,64,68,85-87,92H,5-8,17-20,29-32,41,43-45,48,50,54-55,57-63,65-67,69-84H2,1-4H3,(H,97,98)(H,99,100)/b13-9-,14-10-,15-11-,16-12-,25-21-,26-22-,27-23-,28-24-,37-33-,38-34-,39-35-,40-36-,46-42-,51-47-,53-49-,56-52-,68-64-. The monoisotopic (exact) mass is 1570 g/mol. The molecule has 0 saturated carbocycles. The summed E-state index contributed by atoms with van der Waals surface area (Å²) in [6, 6.07) is 0. The van der Waals surface area contributed by atoms with Crippen LogP contribution in [0.5, 0.6) is 0 Å². The third-order valence-corrected chi connectivity index (χ3v) is 18.1. The molecule has 0 aliphatic rings. The zero-order chi connectivity index (χ0) is 80.3. The van der Waals surface area contributed by atoms with Gasteiger partial charge in [-0.3, -0.25) is 37.3 Å². The molecule has 0 aliphatic carbocycles. The first-order chi connectivity index (χ1) is 53.7. The van der Waals surface area contributed by atoms with Gasteiger partial charge < -0.3 is 33.8 Å². The summed E-state index contributed by atoms with van der Waals surface area (Å²) in [6.07, 6.45) is 101. The molecule has 5 atom stereocenters. The van der Waals surface area contributed by atoms with Crippen molar-refractivity contribution in [1.82, 2.24) is 0 Å². The fraction of sp³-hybridized carbons (Fsp3) is 0.582. The molecule has 0 amide bonds. The summed E-state index contributed by atoms with van der Waals surface area (Å²) in [5.41, 5.74) is 0. The highest BCUT2D eigenvalue weighted by Crippen LogP contribution is 2.45. The highest BCUT2D eigenvalue weighted by atomic mass is 31.2. The average molecular weight is 1570 g/mol. The molecule has 5 unspecified atom stereocenters. The summed E-state index contributed by atoms with van der Waals surface area (Å²) in [5.74, 6) is -2.36. The second kappa shape index (κ2) is 80.7. The van der Waals surface area contributed by atoms with Crippen LogP contribution >= 0.6 is 15.6 Å². The molecular weight excluding hydrogens is 1430 g/mol. The van der Waals surface area contributed by atoms with Gasteiger partial charge >= 0.3 is 39.5 Å². The van der Waals surface area contributed by atoms with Crippen molar-refractivity contribution in [3.63, 3.8) is 0 Å². The fourth-order valence-corrected chi connectivity index (χ4v) is 11.7. The van der Waals surface area contributed by atoms with Gasteiger partial charge in [-0.05, 0) is 173 Å². The van der Waals surface area contributed by atoms with Crippen LogP contribution in [0, 0.1) is 0 Å². The quantitative estimate of drug-likeness (QED) is 0.0169. The topological polar surface area (TPSA) is 237 Å². The smallest absolute Gasteiger partial charge is 0.462 e. The van der Waals surface area contributed by atoms with Crippen LogP contribution in [0.4, 0.5) is 0 Å². The summed E-state index contributed by atoms with van der Waals surface area (Å²) in [6.45, 7) is 4.25. The summed E-state index contributed by atoms with van der Waals surface area (Å²) in [4.78, 5) is 73.2. The SMILES string of the molecule is CC/C=C\C/C=C\C/C=C\C/C=C\C/C=C\C/C=C\CCC(=O)OCC(COP(=O)(O)OCC(O)COP(=O)(O)OCC(COC(=O)CCCCCC/C=C\C/C=C\C/C=C\C/C=C\CC)OC(=O)CCCCCC/C=C\C/C=C\C/C=C\C/C=C\CC)OC(=O)CCCCCCCCC/C=C\C/C=C\C/C=C\CC. The van der Waals surface area contributed by atoms with Crippen molar-refractivity contribution in [3.8, 4) is 0 Å². The van der Waals surface area contributed by atoms with Crippen LogP contribution in [-0.4, -0.2) is 96.7 Å². The predicted octanol–water partition coefficient (Wildman–Crippen LogP) is 24.7. The number of carbonyl (C=O) groups is 4. The van der Waals surface area contributed by atoms with Crippen LogP contribution < -0.4 is 0 Å². The lowest BCUT2D eigenvalue weighted by Gasteiger charge is -2.21. The minimum atomic E-state index is -5.02. The number of carbonyl (C=O) groups excluding carboxylic acids is 4. The third kappa shape index (κ3) is 79.7. The Balaban J connectivity index is 5.53. The van der Waals surface area contributed by atoms with Crippen molar-refractivity contribution in [3.05, 3.63) is 207 Å². The average Bonchev–Trinajstić information content (AvgIpc) is 0.906. The van der Waals surface area contributed by atoms with E-state index < -0.39 is 97.5 Å². The Morgan fingerprint density at radius 1 is 0.255 bits per heavy atom. The Hall–Kier alpha value is -6.36. The minimum absolute atomic E-state index is 0.0249. The number of aliphatic hydroxyl groups excluding tert-OH is 1. The van der Waals surface area contributed by atoms with Crippen LogP contribution in [0.25, 0.3) is 0 Å². The largest absolute Gasteiger partial charge is 0.472 e. The van der Waals surface area contributed by atoms with Gasteiger partial charge in [0.2, 0.25) is 0 Å². The molecule has 0 spiro atoms. The number of hydrogen-bond acceptors (Lipinski definition) is 15. The van der Waals surface area contributed by atoms with Crippen molar-refractivity contribution in [1.29, 1.82) is 0 Å². The van der Waals surface area contributed by atoms with Gasteiger partial charge in [0.25, 0.3) is 0 Å². The summed E-state index contributed by atoms with van der Waals surface area (Å²) >= 11 is 0. The van der Waals surface area contributed by atoms with Crippen molar-refractivity contribution in [2.24, 2.45) is 0 Å². The van der Waals surface area contributed by atoms with Crippen LogP contribution in [0.1, 0.15) is 285 Å². The zero-order valence-electron chi connectivity index (χ0n) is 67.8. The Kier molecular flexibility index (Phi) is 76.0. The molecule has 3 N–H and O–H groups in total. The van der Waals surface area contributed by atoms with Gasteiger partial charge in [0.1, 0.15) is 19.3 Å². The minimum Gasteiger partial charge on any atom is -0.462 e. The number of esters is 4. The molecule has 0 aliphatic heterocycles. The third-order valence-electron chi connectivity index (χ3n) is 16.2. The van der Waals surface area contributed by atoms with Gasteiger partial charge in [-0.2, -0.15) is 0 Å². The van der Waals surface area contributed by atoms with E-state index in [2.05, 4.69) is 216 Å². The number of unbranched alkanes of at least 4 members (excludes halogenated alkanes) is 15. The van der Waals surface area contributed by atoms with Gasteiger partial charge in [0, 0.05) is 25.7 Å². The van der Waals surface area contributed by atoms with Crippen molar-refractivity contribution in [2.75, 3.05) is 39.6 Å². The lowest BCUT2D eigenvalue weighted by Crippen LogP contribution is -2.30. The molecule has 0 bridgehead atoms. The van der Waals surface area contributed by atoms with Gasteiger partial charge in [-0.15, -0.1) is 0 Å². The van der Waals surface area contributed by atoms with E-state index in [1.807, 2.05) is 18.2 Å². The van der Waals surface area contributed by atoms with E-state index in [9.17, 15) is 43.2 Å². The Bertz CT molecular complexity index is 2900. The summed E-state index contributed by atoms with van der Waals surface area (Å²) in [5, 5.41) is 10.7. The van der Waals surface area contributed by atoms with Crippen molar-refractivity contribution in [2.45, 2.75) is 303 Å². The molecule has 0 rings (SSSR count). The number of phosphoric ester groups is 2. The highest BCUT2D eigenvalue weighted by Gasteiger charge is 2.30. The number of phosphoric acid groups is 2. The van der Waals surface area contributed by atoms with E-state index in [1.54, 1.807) is 0 Å². The van der Waals surface area contributed by atoms with Gasteiger partial charge in [-0.1, -0.05) is 292 Å². The molecule has 0 radical (unpaired) electrons. The van der Waals surface area contributed by atoms with Gasteiger partial charge in [0.15, 0.2) is 12.2 Å². The van der Waals surface area contributed by atoms with E-state index in [0.29, 0.717) is 32.1 Å². The van der Waals surface area contributed by atoms with Crippen LogP contribution in [0.15, 0.2) is 207 Å². The molecule has 0 saturated heterocycles. The van der Waals surface area contributed by atoms with E-state index in [1.165, 1.54) is 0 Å². The number of hydrogen-bond donors (Lipinski definition) is 3.